The fraction of sp³-hybridized carbons (Fsp3) is 0.312. The summed E-state index contributed by atoms with van der Waals surface area (Å²) in [6, 6.07) is 8.74. The van der Waals surface area contributed by atoms with Gasteiger partial charge in [-0.1, -0.05) is 23.7 Å². The van der Waals surface area contributed by atoms with Crippen LogP contribution in [0.5, 0.6) is 0 Å². The molecule has 126 valence electrons. The topological polar surface area (TPSA) is 95.3 Å². The number of carbonyl (C=O) groups excluding carboxylic acids is 1. The Kier molecular flexibility index (Phi) is 4.71. The number of aromatic amines is 1. The first-order chi connectivity index (χ1) is 11.5. The second-order valence-corrected chi connectivity index (χ2v) is 6.10. The van der Waals surface area contributed by atoms with Gasteiger partial charge in [0.1, 0.15) is 5.82 Å². The van der Waals surface area contributed by atoms with Crippen LogP contribution in [0, 0.1) is 0 Å². The van der Waals surface area contributed by atoms with Crippen molar-refractivity contribution >= 4 is 29.3 Å². The molecule has 7 nitrogen and oxygen atoms in total. The summed E-state index contributed by atoms with van der Waals surface area (Å²) >= 11 is 5.95. The predicted molar refractivity (Wildman–Crippen MR) is 93.2 cm³/mol. The summed E-state index contributed by atoms with van der Waals surface area (Å²) in [5.41, 5.74) is 6.19. The van der Waals surface area contributed by atoms with Crippen LogP contribution in [0.15, 0.2) is 35.1 Å². The average Bonchev–Trinajstić information content (AvgIpc) is 2.54. The summed E-state index contributed by atoms with van der Waals surface area (Å²) in [6.07, 6.45) is 0.330. The van der Waals surface area contributed by atoms with Crippen molar-refractivity contribution in [2.75, 3.05) is 36.8 Å². The van der Waals surface area contributed by atoms with E-state index >= 15 is 0 Å². The fourth-order valence-electron chi connectivity index (χ4n) is 2.74. The molecule has 0 atom stereocenters. The molecule has 2 heterocycles. The molecule has 8 heteroatoms. The normalized spacial score (nSPS) is 14.7. The molecule has 0 spiro atoms. The van der Waals surface area contributed by atoms with Gasteiger partial charge in [0.05, 0.1) is 6.42 Å². The minimum absolute atomic E-state index is 0.0651. The van der Waals surface area contributed by atoms with Crippen LogP contribution in [-0.2, 0) is 11.2 Å². The maximum atomic E-state index is 12.4. The molecule has 1 aromatic carbocycles. The van der Waals surface area contributed by atoms with Crippen molar-refractivity contribution < 1.29 is 4.79 Å². The van der Waals surface area contributed by atoms with Crippen LogP contribution in [-0.4, -0.2) is 47.0 Å². The second kappa shape index (κ2) is 6.92. The Bertz CT molecular complexity index is 799. The molecule has 0 aliphatic carbocycles. The van der Waals surface area contributed by atoms with E-state index in [2.05, 4.69) is 9.97 Å². The van der Waals surface area contributed by atoms with Crippen molar-refractivity contribution in [3.63, 3.8) is 0 Å². The lowest BCUT2D eigenvalue weighted by Crippen LogP contribution is -2.49. The molecule has 1 amide bonds. The zero-order valence-electron chi connectivity index (χ0n) is 13.0. The number of benzene rings is 1. The quantitative estimate of drug-likeness (QED) is 0.860. The third kappa shape index (κ3) is 3.86. The van der Waals surface area contributed by atoms with Crippen LogP contribution in [0.4, 0.5) is 11.8 Å². The van der Waals surface area contributed by atoms with E-state index in [9.17, 15) is 9.59 Å². The van der Waals surface area contributed by atoms with Gasteiger partial charge in [0, 0.05) is 37.3 Å². The van der Waals surface area contributed by atoms with Gasteiger partial charge in [-0.25, -0.2) is 0 Å². The lowest BCUT2D eigenvalue weighted by atomic mass is 10.1. The van der Waals surface area contributed by atoms with Crippen molar-refractivity contribution in [2.24, 2.45) is 0 Å². The number of anilines is 2. The molecule has 1 saturated heterocycles. The van der Waals surface area contributed by atoms with E-state index in [0.717, 1.165) is 5.56 Å². The van der Waals surface area contributed by atoms with Crippen LogP contribution < -0.4 is 16.2 Å². The lowest BCUT2D eigenvalue weighted by molar-refractivity contribution is -0.130. The third-order valence-corrected chi connectivity index (χ3v) is 4.18. The molecule has 1 aliphatic heterocycles. The van der Waals surface area contributed by atoms with Crippen molar-refractivity contribution in [3.8, 4) is 0 Å². The Morgan fingerprint density at radius 3 is 2.67 bits per heavy atom. The van der Waals surface area contributed by atoms with Crippen molar-refractivity contribution in [3.05, 3.63) is 51.3 Å². The van der Waals surface area contributed by atoms with Crippen LogP contribution in [0.2, 0.25) is 5.02 Å². The van der Waals surface area contributed by atoms with Gasteiger partial charge in [-0.3, -0.25) is 14.6 Å². The van der Waals surface area contributed by atoms with Crippen LogP contribution in [0.25, 0.3) is 0 Å². The van der Waals surface area contributed by atoms with Gasteiger partial charge in [0.15, 0.2) is 0 Å². The fourth-order valence-corrected chi connectivity index (χ4v) is 2.96. The van der Waals surface area contributed by atoms with Crippen LogP contribution in [0.1, 0.15) is 5.56 Å². The van der Waals surface area contributed by atoms with Gasteiger partial charge >= 0.3 is 0 Å². The molecule has 1 aliphatic rings. The second-order valence-electron chi connectivity index (χ2n) is 5.66. The molecular weight excluding hydrogens is 330 g/mol. The Labute approximate surface area is 144 Å². The Morgan fingerprint density at radius 1 is 1.25 bits per heavy atom. The van der Waals surface area contributed by atoms with E-state index in [1.165, 1.54) is 6.07 Å². The number of nitrogen functional groups attached to an aromatic ring is 1. The number of rotatable bonds is 3. The number of piperazine rings is 1. The lowest BCUT2D eigenvalue weighted by Gasteiger charge is -2.35. The van der Waals surface area contributed by atoms with Crippen LogP contribution >= 0.6 is 11.6 Å². The van der Waals surface area contributed by atoms with Crippen LogP contribution in [0.3, 0.4) is 0 Å². The predicted octanol–water partition coefficient (Wildman–Crippen LogP) is 0.897. The van der Waals surface area contributed by atoms with Gasteiger partial charge in [-0.15, -0.1) is 0 Å². The molecule has 0 saturated carbocycles. The Balaban J connectivity index is 1.60. The number of aromatic nitrogens is 2. The molecule has 0 bridgehead atoms. The van der Waals surface area contributed by atoms with Gasteiger partial charge in [-0.05, 0) is 17.7 Å². The standard InChI is InChI=1S/C16H18ClN5O2/c17-12-3-1-2-11(8-12)9-15(24)22-6-4-21(5-7-22)13-10-14(23)20-16(18)19-13/h1-3,8,10H,4-7,9H2,(H3,18,19,20,23). The summed E-state index contributed by atoms with van der Waals surface area (Å²) in [7, 11) is 0. The van der Waals surface area contributed by atoms with E-state index in [4.69, 9.17) is 17.3 Å². The number of nitrogens with zero attached hydrogens (tertiary/aromatic N) is 3. The molecule has 3 rings (SSSR count). The summed E-state index contributed by atoms with van der Waals surface area (Å²) in [5.74, 6) is 0.699. The molecule has 24 heavy (non-hydrogen) atoms. The number of amides is 1. The SMILES string of the molecule is Nc1nc(N2CCN(C(=O)Cc3cccc(Cl)c3)CC2)cc(=O)[nH]1. The highest BCUT2D eigenvalue weighted by molar-refractivity contribution is 6.30. The van der Waals surface area contributed by atoms with Crippen molar-refractivity contribution in [1.82, 2.24) is 14.9 Å². The number of hydrogen-bond donors (Lipinski definition) is 2. The molecular formula is C16H18ClN5O2. The minimum Gasteiger partial charge on any atom is -0.369 e. The molecule has 1 aromatic heterocycles. The van der Waals surface area contributed by atoms with Gasteiger partial charge in [0.2, 0.25) is 11.9 Å². The van der Waals surface area contributed by atoms with E-state index < -0.39 is 0 Å². The molecule has 0 unspecified atom stereocenters. The molecule has 2 aromatic rings. The number of halogens is 1. The highest BCUT2D eigenvalue weighted by atomic mass is 35.5. The molecule has 3 N–H and O–H groups in total. The first kappa shape index (κ1) is 16.3. The number of H-pyrrole nitrogens is 1. The monoisotopic (exact) mass is 347 g/mol. The summed E-state index contributed by atoms with van der Waals surface area (Å²) in [4.78, 5) is 34.2. The highest BCUT2D eigenvalue weighted by Crippen LogP contribution is 2.15. The zero-order chi connectivity index (χ0) is 17.1. The Hall–Kier alpha value is -2.54. The van der Waals surface area contributed by atoms with Gasteiger partial charge in [0.25, 0.3) is 5.56 Å². The number of carbonyl (C=O) groups is 1. The minimum atomic E-state index is -0.281. The van der Waals surface area contributed by atoms with Gasteiger partial charge in [-0.2, -0.15) is 4.98 Å². The summed E-state index contributed by atoms with van der Waals surface area (Å²) in [5, 5.41) is 0.628. The highest BCUT2D eigenvalue weighted by Gasteiger charge is 2.22. The summed E-state index contributed by atoms with van der Waals surface area (Å²) < 4.78 is 0. The smallest absolute Gasteiger partial charge is 0.254 e. The summed E-state index contributed by atoms with van der Waals surface area (Å²) in [6.45, 7) is 2.37. The van der Waals surface area contributed by atoms with Crippen molar-refractivity contribution in [1.29, 1.82) is 0 Å². The molecule has 0 radical (unpaired) electrons. The number of nitrogens with two attached hydrogens (primary N) is 1. The first-order valence-corrected chi connectivity index (χ1v) is 8.03. The first-order valence-electron chi connectivity index (χ1n) is 7.65. The molecule has 1 fully saturated rings. The maximum Gasteiger partial charge on any atom is 0.254 e. The average molecular weight is 348 g/mol. The zero-order valence-corrected chi connectivity index (χ0v) is 13.8. The number of nitrogens with one attached hydrogen (secondary N) is 1. The van der Waals surface area contributed by atoms with E-state index in [0.29, 0.717) is 43.4 Å². The van der Waals surface area contributed by atoms with Gasteiger partial charge < -0.3 is 15.5 Å². The van der Waals surface area contributed by atoms with E-state index in [-0.39, 0.29) is 17.4 Å². The maximum absolute atomic E-state index is 12.4. The largest absolute Gasteiger partial charge is 0.369 e. The number of hydrogen-bond acceptors (Lipinski definition) is 5. The third-order valence-electron chi connectivity index (χ3n) is 3.95. The Morgan fingerprint density at radius 2 is 2.00 bits per heavy atom. The van der Waals surface area contributed by atoms with E-state index in [1.54, 1.807) is 12.1 Å². The van der Waals surface area contributed by atoms with E-state index in [1.807, 2.05) is 21.9 Å². The van der Waals surface area contributed by atoms with Crippen molar-refractivity contribution in [2.45, 2.75) is 6.42 Å².